The van der Waals surface area contributed by atoms with Crippen molar-refractivity contribution < 1.29 is 8.91 Å². The Morgan fingerprint density at radius 3 is 2.58 bits per heavy atom. The Morgan fingerprint density at radius 2 is 2.00 bits per heavy atom. The molecule has 0 radical (unpaired) electrons. The molecule has 1 heterocycles. The van der Waals surface area contributed by atoms with E-state index in [-0.39, 0.29) is 29.8 Å². The van der Waals surface area contributed by atoms with Gasteiger partial charge in [0.1, 0.15) is 11.6 Å². The van der Waals surface area contributed by atoms with E-state index in [9.17, 15) is 4.39 Å². The third-order valence-electron chi connectivity index (χ3n) is 3.77. The number of nitrogens with one attached hydrogen (secondary N) is 2. The normalized spacial score (nSPS) is 11.1. The highest BCUT2D eigenvalue weighted by atomic mass is 127. The van der Waals surface area contributed by atoms with Crippen LogP contribution in [0.3, 0.4) is 0 Å². The van der Waals surface area contributed by atoms with Gasteiger partial charge in [0.25, 0.3) is 0 Å². The number of hydrogen-bond acceptors (Lipinski definition) is 3. The first-order valence-corrected chi connectivity index (χ1v) is 7.62. The van der Waals surface area contributed by atoms with Gasteiger partial charge in [-0.25, -0.2) is 4.39 Å². The van der Waals surface area contributed by atoms with Crippen LogP contribution in [0.25, 0.3) is 0 Å². The highest BCUT2D eigenvalue weighted by molar-refractivity contribution is 14.0. The maximum Gasteiger partial charge on any atom is 0.191 e. The molecule has 2 N–H and O–H groups in total. The molecule has 0 saturated carbocycles. The number of halogens is 2. The molecule has 0 fully saturated rings. The zero-order valence-corrected chi connectivity index (χ0v) is 16.8. The fourth-order valence-corrected chi connectivity index (χ4v) is 2.32. The number of benzene rings is 1. The third kappa shape index (κ3) is 5.47. The van der Waals surface area contributed by atoms with Gasteiger partial charge in [0.05, 0.1) is 5.69 Å². The molecule has 0 aliphatic carbocycles. The van der Waals surface area contributed by atoms with Crippen LogP contribution in [-0.4, -0.2) is 24.7 Å². The van der Waals surface area contributed by atoms with Gasteiger partial charge in [-0.05, 0) is 44.4 Å². The summed E-state index contributed by atoms with van der Waals surface area (Å²) in [6.45, 7) is 6.83. The van der Waals surface area contributed by atoms with Crippen LogP contribution >= 0.6 is 24.0 Å². The van der Waals surface area contributed by atoms with E-state index in [0.717, 1.165) is 29.0 Å². The first-order valence-electron chi connectivity index (χ1n) is 7.62. The molecular weight excluding hydrogens is 422 g/mol. The summed E-state index contributed by atoms with van der Waals surface area (Å²) < 4.78 is 18.7. The van der Waals surface area contributed by atoms with Crippen LogP contribution < -0.4 is 10.6 Å². The first kappa shape index (κ1) is 20.4. The first-order chi connectivity index (χ1) is 11.0. The summed E-state index contributed by atoms with van der Waals surface area (Å²) in [7, 11) is 1.71. The maximum absolute atomic E-state index is 13.5. The second-order valence-corrected chi connectivity index (χ2v) is 5.49. The quantitative estimate of drug-likeness (QED) is 0.421. The molecule has 0 atom stereocenters. The van der Waals surface area contributed by atoms with Crippen molar-refractivity contribution >= 4 is 29.9 Å². The van der Waals surface area contributed by atoms with Gasteiger partial charge >= 0.3 is 0 Å². The lowest BCUT2D eigenvalue weighted by Gasteiger charge is -2.12. The van der Waals surface area contributed by atoms with Crippen molar-refractivity contribution in [2.24, 2.45) is 4.99 Å². The zero-order valence-electron chi connectivity index (χ0n) is 14.4. The van der Waals surface area contributed by atoms with Crippen molar-refractivity contribution in [3.8, 4) is 0 Å². The van der Waals surface area contributed by atoms with E-state index >= 15 is 0 Å². The van der Waals surface area contributed by atoms with Crippen LogP contribution in [0.1, 0.15) is 28.1 Å². The van der Waals surface area contributed by atoms with Gasteiger partial charge in [0, 0.05) is 25.7 Å². The number of rotatable bonds is 5. The van der Waals surface area contributed by atoms with Crippen LogP contribution in [0.4, 0.5) is 4.39 Å². The average Bonchev–Trinajstić information content (AvgIpc) is 2.85. The minimum Gasteiger partial charge on any atom is -0.361 e. The largest absolute Gasteiger partial charge is 0.361 e. The lowest BCUT2D eigenvalue weighted by atomic mass is 10.1. The molecule has 0 aliphatic heterocycles. The summed E-state index contributed by atoms with van der Waals surface area (Å²) in [5.74, 6) is 1.34. The lowest BCUT2D eigenvalue weighted by molar-refractivity contribution is 0.392. The average molecular weight is 446 g/mol. The molecule has 0 amide bonds. The van der Waals surface area contributed by atoms with Crippen molar-refractivity contribution in [3.63, 3.8) is 0 Å². The van der Waals surface area contributed by atoms with E-state index in [0.29, 0.717) is 24.6 Å². The Morgan fingerprint density at radius 1 is 1.25 bits per heavy atom. The molecule has 0 aliphatic rings. The SMILES string of the molecule is CN=C(NCCc1c(C)noc1C)NCc1ccc(C)c(F)c1.I. The molecule has 0 saturated heterocycles. The molecule has 2 rings (SSSR count). The Labute approximate surface area is 159 Å². The van der Waals surface area contributed by atoms with E-state index < -0.39 is 0 Å². The molecule has 7 heteroatoms. The monoisotopic (exact) mass is 446 g/mol. The van der Waals surface area contributed by atoms with Crippen LogP contribution in [-0.2, 0) is 13.0 Å². The minimum atomic E-state index is -0.189. The fourth-order valence-electron chi connectivity index (χ4n) is 2.32. The Bertz CT molecular complexity index is 680. The van der Waals surface area contributed by atoms with Gasteiger partial charge in [0.15, 0.2) is 5.96 Å². The molecule has 0 spiro atoms. The number of aliphatic imine (C=N–C) groups is 1. The van der Waals surface area contributed by atoms with Crippen molar-refractivity contribution in [2.45, 2.75) is 33.7 Å². The number of guanidine groups is 1. The lowest BCUT2D eigenvalue weighted by Crippen LogP contribution is -2.37. The van der Waals surface area contributed by atoms with Crippen molar-refractivity contribution in [2.75, 3.05) is 13.6 Å². The van der Waals surface area contributed by atoms with Gasteiger partial charge < -0.3 is 15.2 Å². The molecule has 1 aromatic heterocycles. The predicted molar refractivity (Wildman–Crippen MR) is 104 cm³/mol. The van der Waals surface area contributed by atoms with Crippen molar-refractivity contribution in [1.82, 2.24) is 15.8 Å². The topological polar surface area (TPSA) is 62.5 Å². The molecule has 0 unspecified atom stereocenters. The van der Waals surface area contributed by atoms with Crippen LogP contribution in [0, 0.1) is 26.6 Å². The summed E-state index contributed by atoms with van der Waals surface area (Å²) in [5, 5.41) is 10.4. The number of hydrogen-bond donors (Lipinski definition) is 2. The molecule has 0 bridgehead atoms. The number of aromatic nitrogens is 1. The van der Waals surface area contributed by atoms with E-state index in [1.807, 2.05) is 19.9 Å². The van der Waals surface area contributed by atoms with E-state index in [2.05, 4.69) is 20.8 Å². The molecular formula is C17H24FIN4O. The van der Waals surface area contributed by atoms with Crippen molar-refractivity contribution in [3.05, 3.63) is 52.2 Å². The predicted octanol–water partition coefficient (Wildman–Crippen LogP) is 3.26. The summed E-state index contributed by atoms with van der Waals surface area (Å²) in [5.41, 5.74) is 3.56. The Kier molecular flexibility index (Phi) is 8.17. The van der Waals surface area contributed by atoms with E-state index in [4.69, 9.17) is 4.52 Å². The Hall–Kier alpha value is -1.64. The van der Waals surface area contributed by atoms with Gasteiger partial charge in [-0.15, -0.1) is 24.0 Å². The number of aryl methyl sites for hydroxylation is 3. The van der Waals surface area contributed by atoms with Crippen LogP contribution in [0.2, 0.25) is 0 Å². The molecule has 1 aromatic carbocycles. The van der Waals surface area contributed by atoms with Crippen LogP contribution in [0.5, 0.6) is 0 Å². The summed E-state index contributed by atoms with van der Waals surface area (Å²) >= 11 is 0. The number of nitrogens with zero attached hydrogens (tertiary/aromatic N) is 2. The Balaban J connectivity index is 0.00000288. The maximum atomic E-state index is 13.5. The summed E-state index contributed by atoms with van der Waals surface area (Å²) in [4.78, 5) is 4.17. The smallest absolute Gasteiger partial charge is 0.191 e. The van der Waals surface area contributed by atoms with Crippen molar-refractivity contribution in [1.29, 1.82) is 0 Å². The summed E-state index contributed by atoms with van der Waals surface area (Å²) in [6.07, 6.45) is 0.807. The summed E-state index contributed by atoms with van der Waals surface area (Å²) in [6, 6.07) is 5.22. The highest BCUT2D eigenvalue weighted by Crippen LogP contribution is 2.12. The van der Waals surface area contributed by atoms with Crippen LogP contribution in [0.15, 0.2) is 27.7 Å². The fraction of sp³-hybridized carbons (Fsp3) is 0.412. The molecule has 24 heavy (non-hydrogen) atoms. The highest BCUT2D eigenvalue weighted by Gasteiger charge is 2.08. The second kappa shape index (κ2) is 9.61. The zero-order chi connectivity index (χ0) is 16.8. The van der Waals surface area contributed by atoms with Gasteiger partial charge in [-0.1, -0.05) is 17.3 Å². The van der Waals surface area contributed by atoms with Gasteiger partial charge in [-0.2, -0.15) is 0 Å². The molecule has 2 aromatic rings. The minimum absolute atomic E-state index is 0. The van der Waals surface area contributed by atoms with Gasteiger partial charge in [-0.3, -0.25) is 4.99 Å². The van der Waals surface area contributed by atoms with E-state index in [1.165, 1.54) is 0 Å². The van der Waals surface area contributed by atoms with Gasteiger partial charge in [0.2, 0.25) is 0 Å². The molecule has 5 nitrogen and oxygen atoms in total. The third-order valence-corrected chi connectivity index (χ3v) is 3.77. The standard InChI is InChI=1S/C17H23FN4O.HI/c1-11-5-6-14(9-16(11)18)10-21-17(19-4)20-8-7-15-12(2)22-23-13(15)3;/h5-6,9H,7-8,10H2,1-4H3,(H2,19,20,21);1H. The second-order valence-electron chi connectivity index (χ2n) is 5.49. The molecule has 132 valence electrons. The van der Waals surface area contributed by atoms with E-state index in [1.54, 1.807) is 26.1 Å².